The molecule has 0 saturated carbocycles. The molecule has 0 unspecified atom stereocenters. The third kappa shape index (κ3) is 4.63. The average molecular weight is 379 g/mol. The van der Waals surface area contributed by atoms with Gasteiger partial charge in [-0.3, -0.25) is 9.48 Å². The van der Waals surface area contributed by atoms with Crippen LogP contribution >= 0.6 is 0 Å². The smallest absolute Gasteiger partial charge is 0.406 e. The number of hydrogen-bond acceptors (Lipinski definition) is 3. The van der Waals surface area contributed by atoms with Crippen molar-refractivity contribution in [3.63, 3.8) is 0 Å². The molecule has 0 aliphatic carbocycles. The first-order valence-corrected chi connectivity index (χ1v) is 7.67. The minimum Gasteiger partial charge on any atom is -0.406 e. The lowest BCUT2D eigenvalue weighted by atomic mass is 10.0. The van der Waals surface area contributed by atoms with Gasteiger partial charge in [0.05, 0.1) is 6.20 Å². The first-order valence-electron chi connectivity index (χ1n) is 7.67. The van der Waals surface area contributed by atoms with Crippen LogP contribution in [0.4, 0.5) is 23.2 Å². The van der Waals surface area contributed by atoms with E-state index in [9.17, 15) is 22.4 Å². The van der Waals surface area contributed by atoms with Gasteiger partial charge in [0.1, 0.15) is 11.6 Å². The van der Waals surface area contributed by atoms with Crippen molar-refractivity contribution in [2.24, 2.45) is 7.05 Å². The number of carbonyl (C=O) groups is 1. The number of nitrogens with zero attached hydrogens (tertiary/aromatic N) is 2. The van der Waals surface area contributed by atoms with Crippen molar-refractivity contribution >= 4 is 11.6 Å². The number of halogens is 4. The highest BCUT2D eigenvalue weighted by Crippen LogP contribution is 2.26. The maximum absolute atomic E-state index is 14.1. The molecule has 0 atom stereocenters. The van der Waals surface area contributed by atoms with E-state index in [1.54, 1.807) is 13.2 Å². The van der Waals surface area contributed by atoms with Crippen molar-refractivity contribution < 1.29 is 27.1 Å². The normalized spacial score (nSPS) is 11.3. The van der Waals surface area contributed by atoms with E-state index >= 15 is 0 Å². The Balaban J connectivity index is 1.76. The maximum Gasteiger partial charge on any atom is 0.573 e. The highest BCUT2D eigenvalue weighted by atomic mass is 19.4. The zero-order valence-electron chi connectivity index (χ0n) is 13.9. The summed E-state index contributed by atoms with van der Waals surface area (Å²) in [6.45, 7) is 0. The van der Waals surface area contributed by atoms with Crippen LogP contribution in [-0.2, 0) is 7.05 Å². The Morgan fingerprint density at radius 2 is 1.85 bits per heavy atom. The second kappa shape index (κ2) is 7.10. The summed E-state index contributed by atoms with van der Waals surface area (Å²) in [6, 6.07) is 8.55. The van der Waals surface area contributed by atoms with Crippen molar-refractivity contribution in [3.8, 4) is 16.9 Å². The number of nitrogens with one attached hydrogen (secondary N) is 1. The van der Waals surface area contributed by atoms with Crippen LogP contribution in [0.5, 0.6) is 5.75 Å². The van der Waals surface area contributed by atoms with Crippen LogP contribution in [0.3, 0.4) is 0 Å². The topological polar surface area (TPSA) is 56.2 Å². The van der Waals surface area contributed by atoms with Crippen LogP contribution in [0.15, 0.2) is 54.9 Å². The third-order valence-electron chi connectivity index (χ3n) is 3.59. The molecule has 0 aliphatic rings. The predicted molar refractivity (Wildman–Crippen MR) is 89.7 cm³/mol. The van der Waals surface area contributed by atoms with Gasteiger partial charge in [0.15, 0.2) is 0 Å². The maximum atomic E-state index is 14.1. The molecule has 2 aromatic carbocycles. The molecule has 9 heteroatoms. The van der Waals surface area contributed by atoms with Gasteiger partial charge in [-0.2, -0.15) is 5.10 Å². The number of anilines is 1. The molecule has 1 N–H and O–H groups in total. The zero-order valence-corrected chi connectivity index (χ0v) is 13.9. The van der Waals surface area contributed by atoms with Crippen LogP contribution < -0.4 is 10.1 Å². The van der Waals surface area contributed by atoms with Gasteiger partial charge < -0.3 is 10.1 Å². The highest BCUT2D eigenvalue weighted by molar-refractivity contribution is 6.05. The van der Waals surface area contributed by atoms with Crippen molar-refractivity contribution in [3.05, 3.63) is 66.2 Å². The molecular weight excluding hydrogens is 366 g/mol. The van der Waals surface area contributed by atoms with Crippen molar-refractivity contribution in [2.45, 2.75) is 6.36 Å². The molecule has 0 aliphatic heterocycles. The van der Waals surface area contributed by atoms with Gasteiger partial charge in [-0.05, 0) is 42.5 Å². The predicted octanol–water partition coefficient (Wildman–Crippen LogP) is 4.38. The van der Waals surface area contributed by atoms with Gasteiger partial charge in [0, 0.05) is 35.6 Å². The number of alkyl halides is 3. The van der Waals surface area contributed by atoms with Crippen LogP contribution in [0.2, 0.25) is 0 Å². The van der Waals surface area contributed by atoms with Crippen molar-refractivity contribution in [2.75, 3.05) is 5.32 Å². The second-order valence-electron chi connectivity index (χ2n) is 5.62. The number of ether oxygens (including phenoxy) is 1. The SMILES string of the molecule is Cn1cc(-c2cc(C(=O)Nc3ccc(OC(F)(F)F)cc3)ccc2F)cn1. The van der Waals surface area contributed by atoms with E-state index in [0.717, 1.165) is 18.2 Å². The average Bonchev–Trinajstić information content (AvgIpc) is 3.02. The number of amides is 1. The summed E-state index contributed by atoms with van der Waals surface area (Å²) in [5.74, 6) is -1.45. The van der Waals surface area contributed by atoms with Crippen molar-refractivity contribution in [1.82, 2.24) is 9.78 Å². The summed E-state index contributed by atoms with van der Waals surface area (Å²) in [4.78, 5) is 12.4. The van der Waals surface area contributed by atoms with Gasteiger partial charge in [-0.15, -0.1) is 13.2 Å². The molecule has 3 aromatic rings. The summed E-state index contributed by atoms with van der Waals surface area (Å²) in [7, 11) is 1.68. The first-order chi connectivity index (χ1) is 12.7. The lowest BCUT2D eigenvalue weighted by Crippen LogP contribution is -2.17. The molecule has 27 heavy (non-hydrogen) atoms. The van der Waals surface area contributed by atoms with Gasteiger partial charge in [0.2, 0.25) is 0 Å². The van der Waals surface area contributed by atoms with E-state index in [2.05, 4.69) is 15.2 Å². The summed E-state index contributed by atoms with van der Waals surface area (Å²) in [5, 5.41) is 6.50. The largest absolute Gasteiger partial charge is 0.573 e. The summed E-state index contributed by atoms with van der Waals surface area (Å²) in [6.07, 6.45) is -1.71. The summed E-state index contributed by atoms with van der Waals surface area (Å²) >= 11 is 0. The molecule has 1 amide bonds. The van der Waals surface area contributed by atoms with E-state index in [-0.39, 0.29) is 16.8 Å². The van der Waals surface area contributed by atoms with Crippen LogP contribution in [0.1, 0.15) is 10.4 Å². The van der Waals surface area contributed by atoms with Gasteiger partial charge in [-0.1, -0.05) is 0 Å². The molecule has 3 rings (SSSR count). The van der Waals surface area contributed by atoms with Gasteiger partial charge in [0.25, 0.3) is 5.91 Å². The number of benzene rings is 2. The number of hydrogen-bond donors (Lipinski definition) is 1. The molecule has 0 fully saturated rings. The molecule has 140 valence electrons. The third-order valence-corrected chi connectivity index (χ3v) is 3.59. The molecule has 1 heterocycles. The van der Waals surface area contributed by atoms with E-state index < -0.39 is 23.8 Å². The fraction of sp³-hybridized carbons (Fsp3) is 0.111. The molecule has 0 radical (unpaired) electrons. The lowest BCUT2D eigenvalue weighted by Gasteiger charge is -2.10. The van der Waals surface area contributed by atoms with Crippen LogP contribution in [0.25, 0.3) is 11.1 Å². The molecule has 0 bridgehead atoms. The van der Waals surface area contributed by atoms with E-state index in [4.69, 9.17) is 0 Å². The quantitative estimate of drug-likeness (QED) is 0.685. The minimum atomic E-state index is -4.79. The molecular formula is C18H13F4N3O2. The Morgan fingerprint density at radius 1 is 1.15 bits per heavy atom. The Bertz CT molecular complexity index is 965. The number of aromatic nitrogens is 2. The summed E-state index contributed by atoms with van der Waals surface area (Å²) < 4.78 is 55.8. The molecule has 5 nitrogen and oxygen atoms in total. The van der Waals surface area contributed by atoms with Gasteiger partial charge in [-0.25, -0.2) is 4.39 Å². The van der Waals surface area contributed by atoms with Crippen LogP contribution in [0, 0.1) is 5.82 Å². The fourth-order valence-corrected chi connectivity index (χ4v) is 2.39. The number of rotatable bonds is 4. The van der Waals surface area contributed by atoms with E-state index in [1.807, 2.05) is 0 Å². The Morgan fingerprint density at radius 3 is 2.44 bits per heavy atom. The second-order valence-corrected chi connectivity index (χ2v) is 5.62. The Hall–Kier alpha value is -3.36. The summed E-state index contributed by atoms with van der Waals surface area (Å²) in [5.41, 5.74) is 1.18. The van der Waals surface area contributed by atoms with Gasteiger partial charge >= 0.3 is 6.36 Å². The van der Waals surface area contributed by atoms with E-state index in [0.29, 0.717) is 5.56 Å². The molecule has 0 spiro atoms. The number of aryl methyl sites for hydroxylation is 1. The standard InChI is InChI=1S/C18H13F4N3O2/c1-25-10-12(9-23-25)15-8-11(2-7-16(15)19)17(26)24-13-3-5-14(6-4-13)27-18(20,21)22/h2-10H,1H3,(H,24,26). The zero-order chi connectivity index (χ0) is 19.6. The first kappa shape index (κ1) is 18.4. The minimum absolute atomic E-state index is 0.186. The van der Waals surface area contributed by atoms with Crippen molar-refractivity contribution in [1.29, 1.82) is 0 Å². The van der Waals surface area contributed by atoms with E-state index in [1.165, 1.54) is 35.1 Å². The number of carbonyl (C=O) groups excluding carboxylic acids is 1. The lowest BCUT2D eigenvalue weighted by molar-refractivity contribution is -0.274. The van der Waals surface area contributed by atoms with Crippen LogP contribution in [-0.4, -0.2) is 22.1 Å². The molecule has 1 aromatic heterocycles. The fourth-order valence-electron chi connectivity index (χ4n) is 2.39. The Kier molecular flexibility index (Phi) is 4.85. The monoisotopic (exact) mass is 379 g/mol. The Labute approximate surface area is 151 Å². The highest BCUT2D eigenvalue weighted by Gasteiger charge is 2.30. The molecule has 0 saturated heterocycles.